The van der Waals surface area contributed by atoms with E-state index >= 15 is 0 Å². The van der Waals surface area contributed by atoms with Crippen molar-refractivity contribution in [3.8, 4) is 11.3 Å². The summed E-state index contributed by atoms with van der Waals surface area (Å²) in [5, 5.41) is 4.24. The molecule has 7 nitrogen and oxygen atoms in total. The number of fused-ring (bicyclic) bond motifs is 2. The Balaban J connectivity index is 1.27. The van der Waals surface area contributed by atoms with Crippen LogP contribution >= 0.6 is 0 Å². The Hall–Kier alpha value is -2.19. The maximum Gasteiger partial charge on any atom is 0.377 e. The number of hydrogen-bond acceptors (Lipinski definition) is 6. The Morgan fingerprint density at radius 2 is 1.51 bits per heavy atom. The van der Waals surface area contributed by atoms with E-state index in [-0.39, 0.29) is 29.0 Å². The molecule has 1 aromatic carbocycles. The molecule has 3 atom stereocenters. The third-order valence-electron chi connectivity index (χ3n) is 11.9. The highest BCUT2D eigenvalue weighted by Gasteiger charge is 2.67. The number of hydrogen-bond donors (Lipinski definition) is 0. The van der Waals surface area contributed by atoms with Crippen molar-refractivity contribution >= 4 is 16.0 Å². The maximum absolute atomic E-state index is 14.7. The highest BCUT2D eigenvalue weighted by atomic mass is 32.2. The summed E-state index contributed by atoms with van der Waals surface area (Å²) in [7, 11) is -3.59. The van der Waals surface area contributed by atoms with Gasteiger partial charge in [-0.1, -0.05) is 75.2 Å². The van der Waals surface area contributed by atoms with Crippen LogP contribution < -0.4 is 0 Å². The topological polar surface area (TPSA) is 89.7 Å². The van der Waals surface area contributed by atoms with Crippen molar-refractivity contribution in [2.75, 3.05) is 5.75 Å². The molecule has 236 valence electrons. The molecule has 4 fully saturated rings. The normalized spacial score (nSPS) is 28.0. The number of carbonyl (C=O) groups excluding carboxylic acids is 1. The molecule has 1 aromatic heterocycles. The molecule has 0 amide bonds. The van der Waals surface area contributed by atoms with Crippen molar-refractivity contribution in [3.05, 3.63) is 40.6 Å². The third kappa shape index (κ3) is 5.49. The minimum absolute atomic E-state index is 0.0534. The van der Waals surface area contributed by atoms with Gasteiger partial charge in [0.25, 0.3) is 0 Å². The fourth-order valence-corrected chi connectivity index (χ4v) is 12.4. The van der Waals surface area contributed by atoms with Crippen molar-refractivity contribution in [1.82, 2.24) is 9.46 Å². The van der Waals surface area contributed by atoms with Gasteiger partial charge in [0.05, 0.1) is 5.75 Å². The summed E-state index contributed by atoms with van der Waals surface area (Å²) in [5.74, 6) is -0.110. The molecule has 0 spiro atoms. The van der Waals surface area contributed by atoms with E-state index in [0.717, 1.165) is 80.9 Å². The molecule has 2 bridgehead atoms. The average Bonchev–Trinajstić information content (AvgIpc) is 3.58. The van der Waals surface area contributed by atoms with Gasteiger partial charge < -0.3 is 9.26 Å². The van der Waals surface area contributed by atoms with Crippen molar-refractivity contribution in [2.24, 2.45) is 16.7 Å². The fourth-order valence-electron chi connectivity index (χ4n) is 9.59. The van der Waals surface area contributed by atoms with Crippen LogP contribution in [-0.4, -0.2) is 47.8 Å². The minimum Gasteiger partial charge on any atom is -0.456 e. The summed E-state index contributed by atoms with van der Waals surface area (Å²) in [6.45, 7) is 10.5. The van der Waals surface area contributed by atoms with Gasteiger partial charge in [-0.2, -0.15) is 4.31 Å². The first-order chi connectivity index (χ1) is 20.4. The van der Waals surface area contributed by atoms with Crippen LogP contribution in [0.3, 0.4) is 0 Å². The second-order valence-electron chi connectivity index (χ2n) is 14.8. The molecule has 2 aromatic rings. The summed E-state index contributed by atoms with van der Waals surface area (Å²) in [6.07, 6.45) is 12.6. The highest BCUT2D eigenvalue weighted by molar-refractivity contribution is 7.89. The van der Waals surface area contributed by atoms with Crippen molar-refractivity contribution in [1.29, 1.82) is 0 Å². The predicted molar refractivity (Wildman–Crippen MR) is 168 cm³/mol. The van der Waals surface area contributed by atoms with E-state index in [2.05, 4.69) is 38.1 Å². The van der Waals surface area contributed by atoms with Crippen LogP contribution in [-0.2, 0) is 14.8 Å². The highest BCUT2D eigenvalue weighted by Crippen LogP contribution is 2.67. The van der Waals surface area contributed by atoms with Crippen LogP contribution in [0.25, 0.3) is 11.3 Å². The van der Waals surface area contributed by atoms with E-state index in [0.29, 0.717) is 18.0 Å². The van der Waals surface area contributed by atoms with Gasteiger partial charge in [-0.05, 0) is 88.2 Å². The van der Waals surface area contributed by atoms with Gasteiger partial charge in [0.15, 0.2) is 0 Å². The summed E-state index contributed by atoms with van der Waals surface area (Å²) in [5.41, 5.74) is 4.02. The molecular weight excluding hydrogens is 560 g/mol. The van der Waals surface area contributed by atoms with E-state index in [1.807, 2.05) is 18.2 Å². The summed E-state index contributed by atoms with van der Waals surface area (Å²) >= 11 is 0. The Labute approximate surface area is 258 Å². The number of sulfonamides is 1. The van der Waals surface area contributed by atoms with Gasteiger partial charge in [-0.25, -0.2) is 13.2 Å². The molecule has 0 unspecified atom stereocenters. The fraction of sp³-hybridized carbons (Fsp3) is 0.714. The molecule has 4 saturated carbocycles. The first-order valence-corrected chi connectivity index (χ1v) is 18.3. The van der Waals surface area contributed by atoms with Gasteiger partial charge in [0, 0.05) is 29.1 Å². The summed E-state index contributed by atoms with van der Waals surface area (Å²) in [6, 6.07) is 6.06. The van der Waals surface area contributed by atoms with E-state index in [9.17, 15) is 13.2 Å². The molecule has 0 saturated heterocycles. The SMILES string of the molecule is Cc1cc(C)c(-c2cc(C(=O)O[C@H]3C[C@@H]4CC[C@@]3(CS(=O)(=O)N(C3CCCCC3)C3CCCCC3)C4(C)C)on2)c(C)c1. The van der Waals surface area contributed by atoms with E-state index < -0.39 is 27.5 Å². The second kappa shape index (κ2) is 11.6. The number of ether oxygens (including phenoxy) is 1. The van der Waals surface area contributed by atoms with Crippen LogP contribution in [0, 0.1) is 37.5 Å². The monoisotopic (exact) mass is 610 g/mol. The number of nitrogens with zero attached hydrogens (tertiary/aromatic N) is 2. The molecule has 43 heavy (non-hydrogen) atoms. The molecule has 0 aliphatic heterocycles. The average molecular weight is 611 g/mol. The number of rotatable bonds is 8. The number of benzene rings is 1. The van der Waals surface area contributed by atoms with Crippen LogP contribution in [0.2, 0.25) is 0 Å². The smallest absolute Gasteiger partial charge is 0.377 e. The lowest BCUT2D eigenvalue weighted by atomic mass is 9.69. The lowest BCUT2D eigenvalue weighted by molar-refractivity contribution is -0.0262. The van der Waals surface area contributed by atoms with Gasteiger partial charge in [-0.3, -0.25) is 0 Å². The van der Waals surface area contributed by atoms with Crippen molar-refractivity contribution < 1.29 is 22.5 Å². The van der Waals surface area contributed by atoms with Crippen LogP contribution in [0.1, 0.15) is 125 Å². The zero-order valence-corrected chi connectivity index (χ0v) is 27.6. The molecule has 4 aliphatic rings. The predicted octanol–water partition coefficient (Wildman–Crippen LogP) is 7.92. The molecule has 0 radical (unpaired) electrons. The van der Waals surface area contributed by atoms with Crippen LogP contribution in [0.4, 0.5) is 0 Å². The van der Waals surface area contributed by atoms with Crippen LogP contribution in [0.15, 0.2) is 22.7 Å². The quantitative estimate of drug-likeness (QED) is 0.282. The number of aryl methyl sites for hydroxylation is 3. The Morgan fingerprint density at radius 3 is 2.07 bits per heavy atom. The third-order valence-corrected chi connectivity index (χ3v) is 14.0. The van der Waals surface area contributed by atoms with Gasteiger partial charge >= 0.3 is 5.97 Å². The lowest BCUT2D eigenvalue weighted by Gasteiger charge is -2.46. The molecule has 8 heteroatoms. The Bertz CT molecular complexity index is 1410. The van der Waals surface area contributed by atoms with Crippen LogP contribution in [0.5, 0.6) is 0 Å². The largest absolute Gasteiger partial charge is 0.456 e. The lowest BCUT2D eigenvalue weighted by Crippen LogP contribution is -2.54. The van der Waals surface area contributed by atoms with Crippen molar-refractivity contribution in [2.45, 2.75) is 136 Å². The zero-order valence-electron chi connectivity index (χ0n) is 26.8. The molecular formula is C35H50N2O5S. The van der Waals surface area contributed by atoms with E-state index in [1.54, 1.807) is 6.07 Å². The first-order valence-electron chi connectivity index (χ1n) is 16.7. The first kappa shape index (κ1) is 30.8. The van der Waals surface area contributed by atoms with Crippen molar-refractivity contribution in [3.63, 3.8) is 0 Å². The van der Waals surface area contributed by atoms with E-state index in [1.165, 1.54) is 18.4 Å². The molecule has 6 rings (SSSR count). The van der Waals surface area contributed by atoms with E-state index in [4.69, 9.17) is 9.26 Å². The Kier molecular flexibility index (Phi) is 8.33. The zero-order chi connectivity index (χ0) is 30.6. The second-order valence-corrected chi connectivity index (χ2v) is 16.6. The van der Waals surface area contributed by atoms with Gasteiger partial charge in [0.2, 0.25) is 15.8 Å². The summed E-state index contributed by atoms with van der Waals surface area (Å²) < 4.78 is 43.1. The number of carbonyl (C=O) groups is 1. The maximum atomic E-state index is 14.7. The summed E-state index contributed by atoms with van der Waals surface area (Å²) in [4.78, 5) is 13.6. The standard InChI is InChI=1S/C35H50N2O5S/c1-23-18-24(2)32(25(3)19-23)29-21-30(42-36-29)33(38)41-31-20-26-16-17-35(31,34(26,4)5)22-43(39,40)37(27-12-8-6-9-13-27)28-14-10-7-11-15-28/h18-19,21,26-28,31H,6-17,20,22H2,1-5H3/t26-,31-,35-/m0/s1. The Morgan fingerprint density at radius 1 is 0.930 bits per heavy atom. The molecule has 1 heterocycles. The molecule has 0 N–H and O–H groups in total. The molecule has 4 aliphatic carbocycles. The van der Waals surface area contributed by atoms with Gasteiger partial charge in [-0.15, -0.1) is 0 Å². The minimum atomic E-state index is -3.59. The van der Waals surface area contributed by atoms with Gasteiger partial charge in [0.1, 0.15) is 11.8 Å². The number of aromatic nitrogens is 1. The number of esters is 1.